The highest BCUT2D eigenvalue weighted by Crippen LogP contribution is 2.26. The van der Waals surface area contributed by atoms with Crippen molar-refractivity contribution in [3.63, 3.8) is 0 Å². The smallest absolute Gasteiger partial charge is 0.165 e. The third-order valence-corrected chi connectivity index (χ3v) is 2.37. The number of hydrogen-bond donors (Lipinski definition) is 0. The Morgan fingerprint density at radius 3 is 2.24 bits per heavy atom. The van der Waals surface area contributed by atoms with Crippen LogP contribution >= 0.6 is 0 Å². The first-order chi connectivity index (χ1) is 8.19. The number of benzene rings is 2. The average molecular weight is 232 g/mol. The van der Waals surface area contributed by atoms with E-state index in [-0.39, 0.29) is 11.6 Å². The lowest BCUT2D eigenvalue weighted by Gasteiger charge is -2.08. The highest BCUT2D eigenvalue weighted by Gasteiger charge is 2.04. The molecule has 0 amide bonds. The molecule has 2 rings (SSSR count). The van der Waals surface area contributed by atoms with Gasteiger partial charge < -0.3 is 9.47 Å². The molecule has 0 unspecified atom stereocenters. The van der Waals surface area contributed by atoms with Crippen molar-refractivity contribution in [2.75, 3.05) is 7.11 Å². The van der Waals surface area contributed by atoms with E-state index in [9.17, 15) is 4.39 Å². The average Bonchev–Trinajstić information content (AvgIpc) is 2.35. The molecule has 0 saturated heterocycles. The molecule has 3 heteroatoms. The lowest BCUT2D eigenvalue weighted by Crippen LogP contribution is -1.89. The first-order valence-electron chi connectivity index (χ1n) is 5.27. The molecule has 0 saturated carbocycles. The fourth-order valence-corrected chi connectivity index (χ4v) is 1.46. The third kappa shape index (κ3) is 2.75. The zero-order valence-electron chi connectivity index (χ0n) is 9.74. The summed E-state index contributed by atoms with van der Waals surface area (Å²) >= 11 is 0. The Morgan fingerprint density at radius 1 is 0.941 bits per heavy atom. The van der Waals surface area contributed by atoms with Crippen LogP contribution in [0.1, 0.15) is 5.56 Å². The fourth-order valence-electron chi connectivity index (χ4n) is 1.46. The van der Waals surface area contributed by atoms with Gasteiger partial charge >= 0.3 is 0 Å². The van der Waals surface area contributed by atoms with Crippen molar-refractivity contribution in [2.45, 2.75) is 6.92 Å². The van der Waals surface area contributed by atoms with Crippen molar-refractivity contribution in [3.05, 3.63) is 53.8 Å². The van der Waals surface area contributed by atoms with Crippen molar-refractivity contribution in [1.82, 2.24) is 0 Å². The van der Waals surface area contributed by atoms with Crippen LogP contribution in [0.2, 0.25) is 0 Å². The second kappa shape index (κ2) is 4.87. The van der Waals surface area contributed by atoms with Gasteiger partial charge in [-0.15, -0.1) is 0 Å². The Morgan fingerprint density at radius 2 is 1.59 bits per heavy atom. The minimum atomic E-state index is -0.369. The number of methoxy groups -OCH3 is 1. The van der Waals surface area contributed by atoms with Gasteiger partial charge in [-0.1, -0.05) is 6.07 Å². The maximum atomic E-state index is 13.5. The molecule has 0 aliphatic carbocycles. The summed E-state index contributed by atoms with van der Waals surface area (Å²) in [6.07, 6.45) is 0. The van der Waals surface area contributed by atoms with Crippen molar-refractivity contribution in [3.8, 4) is 17.2 Å². The second-order valence-corrected chi connectivity index (χ2v) is 3.71. The molecule has 2 nitrogen and oxygen atoms in total. The van der Waals surface area contributed by atoms with Gasteiger partial charge in [0.1, 0.15) is 11.5 Å². The third-order valence-electron chi connectivity index (χ3n) is 2.37. The Balaban J connectivity index is 2.22. The minimum absolute atomic E-state index is 0.232. The Labute approximate surface area is 99.6 Å². The molecule has 0 radical (unpaired) electrons. The van der Waals surface area contributed by atoms with E-state index in [2.05, 4.69) is 0 Å². The molecule has 0 aliphatic heterocycles. The van der Waals surface area contributed by atoms with Crippen LogP contribution in [-0.2, 0) is 0 Å². The predicted molar refractivity (Wildman–Crippen MR) is 64.2 cm³/mol. The van der Waals surface area contributed by atoms with Crippen LogP contribution in [-0.4, -0.2) is 7.11 Å². The van der Waals surface area contributed by atoms with Crippen LogP contribution in [0, 0.1) is 12.7 Å². The standard InChI is InChI=1S/C14H13FO2/c1-10-3-8-13(15)14(9-10)17-12-6-4-11(16-2)5-7-12/h3-9H,1-2H3. The molecule has 0 aliphatic rings. The van der Waals surface area contributed by atoms with Crippen LogP contribution in [0.15, 0.2) is 42.5 Å². The maximum absolute atomic E-state index is 13.5. The fraction of sp³-hybridized carbons (Fsp3) is 0.143. The Hall–Kier alpha value is -2.03. The molecular weight excluding hydrogens is 219 g/mol. The highest BCUT2D eigenvalue weighted by molar-refractivity contribution is 5.37. The number of hydrogen-bond acceptors (Lipinski definition) is 2. The van der Waals surface area contributed by atoms with Crippen LogP contribution in [0.5, 0.6) is 17.2 Å². The largest absolute Gasteiger partial charge is 0.497 e. The topological polar surface area (TPSA) is 18.5 Å². The van der Waals surface area contributed by atoms with Gasteiger partial charge in [-0.25, -0.2) is 4.39 Å². The molecule has 0 bridgehead atoms. The van der Waals surface area contributed by atoms with Crippen molar-refractivity contribution in [2.24, 2.45) is 0 Å². The van der Waals surface area contributed by atoms with Crippen molar-refractivity contribution in [1.29, 1.82) is 0 Å². The number of halogens is 1. The molecule has 17 heavy (non-hydrogen) atoms. The summed E-state index contributed by atoms with van der Waals surface area (Å²) in [6, 6.07) is 11.8. The van der Waals surface area contributed by atoms with E-state index in [1.54, 1.807) is 43.5 Å². The van der Waals surface area contributed by atoms with Crippen LogP contribution in [0.3, 0.4) is 0 Å². The molecule has 0 N–H and O–H groups in total. The quantitative estimate of drug-likeness (QED) is 0.798. The monoisotopic (exact) mass is 232 g/mol. The summed E-state index contributed by atoms with van der Waals surface area (Å²) in [4.78, 5) is 0. The van der Waals surface area contributed by atoms with Crippen LogP contribution < -0.4 is 9.47 Å². The van der Waals surface area contributed by atoms with Crippen LogP contribution in [0.25, 0.3) is 0 Å². The van der Waals surface area contributed by atoms with Gasteiger partial charge in [-0.05, 0) is 48.9 Å². The van der Waals surface area contributed by atoms with Crippen LogP contribution in [0.4, 0.5) is 4.39 Å². The SMILES string of the molecule is COc1ccc(Oc2cc(C)ccc2F)cc1. The lowest BCUT2D eigenvalue weighted by atomic mass is 10.2. The first kappa shape index (κ1) is 11.5. The van der Waals surface area contributed by atoms with Crippen molar-refractivity contribution >= 4 is 0 Å². The molecule has 0 spiro atoms. The number of aryl methyl sites for hydroxylation is 1. The molecule has 0 aromatic heterocycles. The van der Waals surface area contributed by atoms with E-state index >= 15 is 0 Å². The van der Waals surface area contributed by atoms with Gasteiger partial charge in [-0.2, -0.15) is 0 Å². The Bertz CT molecular complexity index is 506. The van der Waals surface area contributed by atoms with Gasteiger partial charge in [0.2, 0.25) is 0 Å². The molecule has 0 heterocycles. The number of ether oxygens (including phenoxy) is 2. The zero-order valence-corrected chi connectivity index (χ0v) is 9.74. The van der Waals surface area contributed by atoms with E-state index in [4.69, 9.17) is 9.47 Å². The summed E-state index contributed by atoms with van der Waals surface area (Å²) in [5, 5.41) is 0. The van der Waals surface area contributed by atoms with E-state index < -0.39 is 0 Å². The van der Waals surface area contributed by atoms with E-state index in [0.29, 0.717) is 5.75 Å². The normalized spacial score (nSPS) is 10.1. The number of rotatable bonds is 3. The summed E-state index contributed by atoms with van der Waals surface area (Å²) < 4.78 is 23.9. The van der Waals surface area contributed by atoms with E-state index in [1.807, 2.05) is 6.92 Å². The molecule has 88 valence electrons. The highest BCUT2D eigenvalue weighted by atomic mass is 19.1. The zero-order chi connectivity index (χ0) is 12.3. The maximum Gasteiger partial charge on any atom is 0.165 e. The predicted octanol–water partition coefficient (Wildman–Crippen LogP) is 3.94. The molecule has 2 aromatic rings. The second-order valence-electron chi connectivity index (χ2n) is 3.71. The van der Waals surface area contributed by atoms with Gasteiger partial charge in [0.25, 0.3) is 0 Å². The first-order valence-corrected chi connectivity index (χ1v) is 5.27. The van der Waals surface area contributed by atoms with E-state index in [0.717, 1.165) is 11.3 Å². The molecule has 2 aromatic carbocycles. The van der Waals surface area contributed by atoms with Gasteiger partial charge in [0.05, 0.1) is 7.11 Å². The van der Waals surface area contributed by atoms with Gasteiger partial charge in [0.15, 0.2) is 11.6 Å². The molecule has 0 atom stereocenters. The summed E-state index contributed by atoms with van der Waals surface area (Å²) in [5.74, 6) is 1.18. The Kier molecular flexibility index (Phi) is 3.28. The van der Waals surface area contributed by atoms with E-state index in [1.165, 1.54) is 6.07 Å². The van der Waals surface area contributed by atoms with Gasteiger partial charge in [0, 0.05) is 0 Å². The summed E-state index contributed by atoms with van der Waals surface area (Å²) in [6.45, 7) is 1.89. The minimum Gasteiger partial charge on any atom is -0.497 e. The molecular formula is C14H13FO2. The van der Waals surface area contributed by atoms with Gasteiger partial charge in [-0.3, -0.25) is 0 Å². The summed E-state index contributed by atoms with van der Waals surface area (Å²) in [5.41, 5.74) is 0.954. The summed E-state index contributed by atoms with van der Waals surface area (Å²) in [7, 11) is 1.59. The lowest BCUT2D eigenvalue weighted by molar-refractivity contribution is 0.411. The molecule has 0 fully saturated rings. The van der Waals surface area contributed by atoms with Crippen molar-refractivity contribution < 1.29 is 13.9 Å².